The first-order valence-corrected chi connectivity index (χ1v) is 5.62. The van der Waals surface area contributed by atoms with Crippen LogP contribution >= 0.6 is 11.6 Å². The third-order valence-corrected chi connectivity index (χ3v) is 2.69. The van der Waals surface area contributed by atoms with Crippen LogP contribution in [0.1, 0.15) is 15.9 Å². The molecule has 0 aliphatic carbocycles. The van der Waals surface area contributed by atoms with Crippen molar-refractivity contribution in [3.8, 4) is 5.75 Å². The highest BCUT2D eigenvalue weighted by Gasteiger charge is 2.09. The molecule has 6 heteroatoms. The minimum absolute atomic E-state index is 0.434. The molecule has 2 N–H and O–H groups in total. The Morgan fingerprint density at radius 1 is 1.56 bits per heavy atom. The van der Waals surface area contributed by atoms with Crippen molar-refractivity contribution >= 4 is 17.5 Å². The van der Waals surface area contributed by atoms with Crippen LogP contribution in [0.3, 0.4) is 0 Å². The minimum Gasteiger partial charge on any atom is -0.496 e. The molecule has 5 nitrogen and oxygen atoms in total. The van der Waals surface area contributed by atoms with Gasteiger partial charge in [0.25, 0.3) is 0 Å². The SMILES string of the molecule is COc1ccc(C(N)=O)cc1Cn1cc(Cl)cn1. The standard InChI is InChI=1S/C12H12ClN3O2/c1-18-11-3-2-8(12(14)17)4-9(11)6-16-7-10(13)5-15-16/h2-5,7H,6H2,1H3,(H2,14,17). The van der Waals surface area contributed by atoms with Gasteiger partial charge in [0.05, 0.1) is 24.9 Å². The summed E-state index contributed by atoms with van der Waals surface area (Å²) >= 11 is 5.79. The van der Waals surface area contributed by atoms with E-state index in [2.05, 4.69) is 5.10 Å². The van der Waals surface area contributed by atoms with Gasteiger partial charge in [0.2, 0.25) is 5.91 Å². The number of carbonyl (C=O) groups excluding carboxylic acids is 1. The van der Waals surface area contributed by atoms with Crippen molar-refractivity contribution in [2.24, 2.45) is 5.73 Å². The lowest BCUT2D eigenvalue weighted by Gasteiger charge is -2.09. The highest BCUT2D eigenvalue weighted by atomic mass is 35.5. The van der Waals surface area contributed by atoms with Crippen molar-refractivity contribution in [1.82, 2.24) is 9.78 Å². The summed E-state index contributed by atoms with van der Waals surface area (Å²) in [5, 5.41) is 4.63. The van der Waals surface area contributed by atoms with Crippen molar-refractivity contribution in [2.75, 3.05) is 7.11 Å². The molecule has 0 fully saturated rings. The first-order chi connectivity index (χ1) is 8.60. The molecule has 2 aromatic rings. The maximum atomic E-state index is 11.1. The third-order valence-electron chi connectivity index (χ3n) is 2.50. The summed E-state index contributed by atoms with van der Waals surface area (Å²) in [5.74, 6) is 0.198. The van der Waals surface area contributed by atoms with Crippen LogP contribution in [0.25, 0.3) is 0 Å². The lowest BCUT2D eigenvalue weighted by Crippen LogP contribution is -2.12. The number of hydrogen-bond acceptors (Lipinski definition) is 3. The maximum Gasteiger partial charge on any atom is 0.248 e. The second kappa shape index (κ2) is 5.10. The molecule has 1 heterocycles. The molecule has 0 saturated heterocycles. The van der Waals surface area contributed by atoms with Gasteiger partial charge in [0.1, 0.15) is 5.75 Å². The molecule has 0 spiro atoms. The molecule has 0 aliphatic rings. The number of benzene rings is 1. The second-order valence-corrected chi connectivity index (χ2v) is 4.18. The van der Waals surface area contributed by atoms with Crippen molar-refractivity contribution in [2.45, 2.75) is 6.54 Å². The van der Waals surface area contributed by atoms with Gasteiger partial charge in [0.15, 0.2) is 0 Å². The van der Waals surface area contributed by atoms with E-state index in [0.717, 1.165) is 5.56 Å². The average molecular weight is 266 g/mol. The zero-order chi connectivity index (χ0) is 13.1. The molecule has 2 rings (SSSR count). The Labute approximate surface area is 109 Å². The van der Waals surface area contributed by atoms with Gasteiger partial charge in [-0.2, -0.15) is 5.10 Å². The summed E-state index contributed by atoms with van der Waals surface area (Å²) in [6.45, 7) is 0.455. The van der Waals surface area contributed by atoms with Crippen LogP contribution in [0.5, 0.6) is 5.75 Å². The van der Waals surface area contributed by atoms with Gasteiger partial charge in [-0.25, -0.2) is 0 Å². The lowest BCUT2D eigenvalue weighted by atomic mass is 10.1. The van der Waals surface area contributed by atoms with Crippen LogP contribution in [-0.4, -0.2) is 22.8 Å². The summed E-state index contributed by atoms with van der Waals surface area (Å²) in [4.78, 5) is 11.1. The van der Waals surface area contributed by atoms with Crippen molar-refractivity contribution in [3.05, 3.63) is 46.7 Å². The number of amides is 1. The molecule has 1 amide bonds. The number of nitrogens with zero attached hydrogens (tertiary/aromatic N) is 2. The van der Waals surface area contributed by atoms with Crippen LogP contribution in [0.2, 0.25) is 5.02 Å². The molecule has 18 heavy (non-hydrogen) atoms. The molecule has 0 atom stereocenters. The molecule has 94 valence electrons. The molecule has 0 bridgehead atoms. The minimum atomic E-state index is -0.475. The molecule has 0 saturated carbocycles. The maximum absolute atomic E-state index is 11.1. The van der Waals surface area contributed by atoms with Crippen LogP contribution < -0.4 is 10.5 Å². The van der Waals surface area contributed by atoms with E-state index in [1.807, 2.05) is 0 Å². The summed E-state index contributed by atoms with van der Waals surface area (Å²) < 4.78 is 6.89. The summed E-state index contributed by atoms with van der Waals surface area (Å²) in [6, 6.07) is 5.03. The van der Waals surface area contributed by atoms with E-state index in [1.165, 1.54) is 0 Å². The normalized spacial score (nSPS) is 10.3. The van der Waals surface area contributed by atoms with Gasteiger partial charge in [0, 0.05) is 17.3 Å². The topological polar surface area (TPSA) is 70.1 Å². The Hall–Kier alpha value is -2.01. The average Bonchev–Trinajstić information content (AvgIpc) is 2.74. The molecule has 0 unspecified atom stereocenters. The Bertz CT molecular complexity index is 580. The smallest absolute Gasteiger partial charge is 0.248 e. The number of rotatable bonds is 4. The van der Waals surface area contributed by atoms with Crippen molar-refractivity contribution in [3.63, 3.8) is 0 Å². The van der Waals surface area contributed by atoms with E-state index in [-0.39, 0.29) is 0 Å². The van der Waals surface area contributed by atoms with Crippen LogP contribution in [-0.2, 0) is 6.54 Å². The number of primary amides is 1. The van der Waals surface area contributed by atoms with Gasteiger partial charge < -0.3 is 10.5 Å². The predicted molar refractivity (Wildman–Crippen MR) is 67.9 cm³/mol. The summed E-state index contributed by atoms with van der Waals surface area (Å²) in [5.41, 5.74) is 6.50. The van der Waals surface area contributed by atoms with Crippen LogP contribution in [0.15, 0.2) is 30.6 Å². The fourth-order valence-corrected chi connectivity index (χ4v) is 1.81. The number of carbonyl (C=O) groups is 1. The van der Waals surface area contributed by atoms with Crippen molar-refractivity contribution in [1.29, 1.82) is 0 Å². The predicted octanol–water partition coefficient (Wildman–Crippen LogP) is 1.69. The van der Waals surface area contributed by atoms with E-state index in [4.69, 9.17) is 22.1 Å². The zero-order valence-electron chi connectivity index (χ0n) is 9.76. The fraction of sp³-hybridized carbons (Fsp3) is 0.167. The number of ether oxygens (including phenoxy) is 1. The van der Waals surface area contributed by atoms with Crippen LogP contribution in [0, 0.1) is 0 Å². The van der Waals surface area contributed by atoms with Gasteiger partial charge in [-0.1, -0.05) is 11.6 Å². The van der Waals surface area contributed by atoms with E-state index in [1.54, 1.807) is 42.4 Å². The van der Waals surface area contributed by atoms with Gasteiger partial charge in [-0.3, -0.25) is 9.48 Å². The van der Waals surface area contributed by atoms with Gasteiger partial charge in [-0.05, 0) is 18.2 Å². The van der Waals surface area contributed by atoms with E-state index in [0.29, 0.717) is 22.9 Å². The van der Waals surface area contributed by atoms with E-state index < -0.39 is 5.91 Å². The first kappa shape index (κ1) is 12.4. The third kappa shape index (κ3) is 2.62. The number of methoxy groups -OCH3 is 1. The van der Waals surface area contributed by atoms with Gasteiger partial charge >= 0.3 is 0 Å². The largest absolute Gasteiger partial charge is 0.496 e. The fourth-order valence-electron chi connectivity index (χ4n) is 1.65. The first-order valence-electron chi connectivity index (χ1n) is 5.25. The number of nitrogens with two attached hydrogens (primary N) is 1. The second-order valence-electron chi connectivity index (χ2n) is 3.75. The quantitative estimate of drug-likeness (QED) is 0.915. The molecular formula is C12H12ClN3O2. The Morgan fingerprint density at radius 2 is 2.33 bits per heavy atom. The summed E-state index contributed by atoms with van der Waals surface area (Å²) in [7, 11) is 1.57. The zero-order valence-corrected chi connectivity index (χ0v) is 10.5. The lowest BCUT2D eigenvalue weighted by molar-refractivity contribution is 0.1000. The van der Waals surface area contributed by atoms with Gasteiger partial charge in [-0.15, -0.1) is 0 Å². The highest BCUT2D eigenvalue weighted by molar-refractivity contribution is 6.30. The van der Waals surface area contributed by atoms with Crippen LogP contribution in [0.4, 0.5) is 0 Å². The molecule has 1 aromatic heterocycles. The molecule has 0 aliphatic heterocycles. The summed E-state index contributed by atoms with van der Waals surface area (Å²) in [6.07, 6.45) is 3.24. The monoisotopic (exact) mass is 265 g/mol. The molecule has 0 radical (unpaired) electrons. The highest BCUT2D eigenvalue weighted by Crippen LogP contribution is 2.21. The Morgan fingerprint density at radius 3 is 2.89 bits per heavy atom. The van der Waals surface area contributed by atoms with E-state index in [9.17, 15) is 4.79 Å². The Kier molecular flexibility index (Phi) is 3.53. The van der Waals surface area contributed by atoms with E-state index >= 15 is 0 Å². The molecule has 1 aromatic carbocycles. The van der Waals surface area contributed by atoms with Crippen molar-refractivity contribution < 1.29 is 9.53 Å². The Balaban J connectivity index is 2.35. The molecular weight excluding hydrogens is 254 g/mol. The number of halogens is 1. The number of aromatic nitrogens is 2. The number of hydrogen-bond donors (Lipinski definition) is 1.